The van der Waals surface area contributed by atoms with Gasteiger partial charge in [0.1, 0.15) is 0 Å². The van der Waals surface area contributed by atoms with Crippen molar-refractivity contribution in [3.05, 3.63) is 0 Å². The van der Waals surface area contributed by atoms with Crippen LogP contribution < -0.4 is 0 Å². The summed E-state index contributed by atoms with van der Waals surface area (Å²) in [4.78, 5) is 0. The third-order valence-electron chi connectivity index (χ3n) is 0.927. The second-order valence-electron chi connectivity index (χ2n) is 2.43. The van der Waals surface area contributed by atoms with E-state index in [1.807, 2.05) is 13.8 Å². The summed E-state index contributed by atoms with van der Waals surface area (Å²) in [6.45, 7) is 3.93. The molecule has 1 N–H and O–H groups in total. The fourth-order valence-electron chi connectivity index (χ4n) is 0.389. The van der Waals surface area contributed by atoms with Gasteiger partial charge in [0.2, 0.25) is 0 Å². The Labute approximate surface area is 110 Å². The Hall–Kier alpha value is 1.51. The first kappa shape index (κ1) is 15.0. The van der Waals surface area contributed by atoms with Gasteiger partial charge in [-0.3, -0.25) is 4.55 Å². The topological polar surface area (TPSA) is 63.6 Å². The minimum absolute atomic E-state index is 0. The Kier molecular flexibility index (Phi) is 9.49. The fraction of sp³-hybridized carbons (Fsp3) is 1.00. The molecule has 0 heterocycles. The quantitative estimate of drug-likeness (QED) is 0.529. The second kappa shape index (κ2) is 6.96. The molecular formula is C5H13KO4S. The van der Waals surface area contributed by atoms with Gasteiger partial charge in [-0.15, -0.1) is 0 Å². The zero-order valence-corrected chi connectivity index (χ0v) is 6.89. The maximum atomic E-state index is 9.95. The molecule has 0 saturated carbocycles. The Balaban J connectivity index is 0. The SMILES string of the molecule is CC(C)CCOS(=O)(=O)O.[KH]. The molecule has 0 atom stereocenters. The van der Waals surface area contributed by atoms with E-state index in [0.717, 1.165) is 0 Å². The first-order chi connectivity index (χ1) is 4.42. The molecule has 0 aromatic carbocycles. The van der Waals surface area contributed by atoms with E-state index in [2.05, 4.69) is 4.18 Å². The first-order valence-electron chi connectivity index (χ1n) is 3.03. The van der Waals surface area contributed by atoms with Gasteiger partial charge in [-0.25, -0.2) is 4.18 Å². The first-order valence-corrected chi connectivity index (χ1v) is 4.40. The molecule has 0 aliphatic rings. The molecule has 0 saturated heterocycles. The van der Waals surface area contributed by atoms with Gasteiger partial charge in [-0.2, -0.15) is 8.42 Å². The van der Waals surface area contributed by atoms with E-state index >= 15 is 0 Å². The van der Waals surface area contributed by atoms with E-state index in [4.69, 9.17) is 4.55 Å². The average Bonchev–Trinajstić information content (AvgIpc) is 1.59. The molecule has 0 rings (SSSR count). The van der Waals surface area contributed by atoms with Crippen LogP contribution in [0.5, 0.6) is 0 Å². The van der Waals surface area contributed by atoms with Crippen molar-refractivity contribution in [2.24, 2.45) is 5.92 Å². The number of hydrogen-bond acceptors (Lipinski definition) is 3. The summed E-state index contributed by atoms with van der Waals surface area (Å²) < 4.78 is 32.0. The van der Waals surface area contributed by atoms with Crippen molar-refractivity contribution in [2.45, 2.75) is 20.3 Å². The van der Waals surface area contributed by atoms with Gasteiger partial charge in [-0.1, -0.05) is 13.8 Å². The molecule has 6 heteroatoms. The molecular weight excluding hydrogens is 195 g/mol. The molecule has 0 fully saturated rings. The number of rotatable bonds is 4. The zero-order valence-electron chi connectivity index (χ0n) is 6.07. The molecule has 0 aliphatic carbocycles. The van der Waals surface area contributed by atoms with Gasteiger partial charge in [0.15, 0.2) is 0 Å². The van der Waals surface area contributed by atoms with Crippen LogP contribution >= 0.6 is 0 Å². The van der Waals surface area contributed by atoms with Gasteiger partial charge in [0.25, 0.3) is 0 Å². The van der Waals surface area contributed by atoms with Crippen LogP contribution in [-0.4, -0.2) is 71.0 Å². The Morgan fingerprint density at radius 3 is 2.18 bits per heavy atom. The Morgan fingerprint density at radius 2 is 1.91 bits per heavy atom. The molecule has 0 spiro atoms. The summed E-state index contributed by atoms with van der Waals surface area (Å²) in [5.74, 6) is 0.377. The Morgan fingerprint density at radius 1 is 1.45 bits per heavy atom. The molecule has 11 heavy (non-hydrogen) atoms. The average molecular weight is 208 g/mol. The number of hydrogen-bond donors (Lipinski definition) is 1. The summed E-state index contributed by atoms with van der Waals surface area (Å²) >= 11 is 0. The molecule has 0 radical (unpaired) electrons. The molecule has 0 aromatic heterocycles. The molecule has 64 valence electrons. The minimum atomic E-state index is -4.22. The van der Waals surface area contributed by atoms with E-state index < -0.39 is 10.4 Å². The van der Waals surface area contributed by atoms with E-state index in [1.165, 1.54) is 0 Å². The van der Waals surface area contributed by atoms with Crippen molar-refractivity contribution >= 4 is 61.8 Å². The zero-order chi connectivity index (χ0) is 8.20. The van der Waals surface area contributed by atoms with Crippen LogP contribution in [0.2, 0.25) is 0 Å². The summed E-state index contributed by atoms with van der Waals surface area (Å²) in [5.41, 5.74) is 0. The summed E-state index contributed by atoms with van der Waals surface area (Å²) in [6.07, 6.45) is 0.625. The van der Waals surface area contributed by atoms with Crippen molar-refractivity contribution < 1.29 is 17.2 Å². The standard InChI is InChI=1S/C5H12O4S.K.H/c1-5(2)3-4-9-10(6,7)8;;/h5H,3-4H2,1-2H3,(H,6,7,8);;. The van der Waals surface area contributed by atoms with Crippen molar-refractivity contribution in [2.75, 3.05) is 6.61 Å². The maximum absolute atomic E-state index is 9.95. The van der Waals surface area contributed by atoms with Gasteiger partial charge >= 0.3 is 61.8 Å². The molecule has 0 bridgehead atoms. The summed E-state index contributed by atoms with van der Waals surface area (Å²) in [6, 6.07) is 0. The van der Waals surface area contributed by atoms with Crippen molar-refractivity contribution in [3.63, 3.8) is 0 Å². The summed E-state index contributed by atoms with van der Waals surface area (Å²) in [5, 5.41) is 0. The molecule has 0 aliphatic heterocycles. The van der Waals surface area contributed by atoms with Crippen LogP contribution in [0.1, 0.15) is 20.3 Å². The molecule has 4 nitrogen and oxygen atoms in total. The van der Waals surface area contributed by atoms with E-state index in [0.29, 0.717) is 12.3 Å². The van der Waals surface area contributed by atoms with Crippen molar-refractivity contribution in [1.29, 1.82) is 0 Å². The third kappa shape index (κ3) is 14.4. The predicted octanol–water partition coefficient (Wildman–Crippen LogP) is 0.203. The van der Waals surface area contributed by atoms with Crippen LogP contribution in [0.4, 0.5) is 0 Å². The fourth-order valence-corrected chi connectivity index (χ4v) is 0.696. The van der Waals surface area contributed by atoms with Crippen LogP contribution in [0.25, 0.3) is 0 Å². The van der Waals surface area contributed by atoms with Gasteiger partial charge in [0.05, 0.1) is 6.61 Å². The second-order valence-corrected chi connectivity index (χ2v) is 3.52. The monoisotopic (exact) mass is 208 g/mol. The van der Waals surface area contributed by atoms with E-state index in [1.54, 1.807) is 0 Å². The Bertz CT molecular complexity index is 175. The third-order valence-corrected chi connectivity index (χ3v) is 1.39. The van der Waals surface area contributed by atoms with E-state index in [9.17, 15) is 8.42 Å². The van der Waals surface area contributed by atoms with Crippen molar-refractivity contribution in [1.82, 2.24) is 0 Å². The van der Waals surface area contributed by atoms with Gasteiger partial charge in [0, 0.05) is 0 Å². The summed E-state index contributed by atoms with van der Waals surface area (Å²) in [7, 11) is -4.22. The van der Waals surface area contributed by atoms with Crippen LogP contribution in [0.3, 0.4) is 0 Å². The molecule has 0 aromatic rings. The van der Waals surface area contributed by atoms with E-state index in [-0.39, 0.29) is 58.0 Å². The van der Waals surface area contributed by atoms with Crippen molar-refractivity contribution in [3.8, 4) is 0 Å². The van der Waals surface area contributed by atoms with Crippen LogP contribution in [0.15, 0.2) is 0 Å². The molecule has 0 unspecified atom stereocenters. The predicted molar refractivity (Wildman–Crippen MR) is 44.1 cm³/mol. The van der Waals surface area contributed by atoms with Gasteiger partial charge in [-0.05, 0) is 12.3 Å². The van der Waals surface area contributed by atoms with Crippen LogP contribution in [-0.2, 0) is 14.6 Å². The molecule has 0 amide bonds. The van der Waals surface area contributed by atoms with Gasteiger partial charge < -0.3 is 0 Å². The van der Waals surface area contributed by atoms with Crippen LogP contribution in [0, 0.1) is 5.92 Å². The normalized spacial score (nSPS) is 11.3.